The molecule has 0 unspecified atom stereocenters. The van der Waals surface area contributed by atoms with E-state index in [1.807, 2.05) is 12.1 Å². The normalized spacial score (nSPS) is 11.7. The van der Waals surface area contributed by atoms with Crippen molar-refractivity contribution in [3.63, 3.8) is 0 Å². The molecule has 2 aromatic rings. The zero-order valence-corrected chi connectivity index (χ0v) is 12.7. The van der Waals surface area contributed by atoms with Crippen molar-refractivity contribution in [2.45, 2.75) is 13.0 Å². The van der Waals surface area contributed by atoms with E-state index in [0.717, 1.165) is 11.1 Å². The van der Waals surface area contributed by atoms with E-state index in [0.29, 0.717) is 5.69 Å². The minimum atomic E-state index is -0.667. The Hall–Kier alpha value is -2.89. The molecule has 0 bridgehead atoms. The van der Waals surface area contributed by atoms with Crippen LogP contribution in [0.25, 0.3) is 11.1 Å². The van der Waals surface area contributed by atoms with E-state index < -0.39 is 17.9 Å². The van der Waals surface area contributed by atoms with Crippen LogP contribution in [0, 0.1) is 5.82 Å². The van der Waals surface area contributed by atoms with E-state index in [1.54, 1.807) is 36.1 Å². The molecular weight excluding hydrogens is 297 g/mol. The van der Waals surface area contributed by atoms with Crippen LogP contribution in [0.3, 0.4) is 0 Å². The zero-order chi connectivity index (χ0) is 17.0. The van der Waals surface area contributed by atoms with Gasteiger partial charge in [-0.15, -0.1) is 0 Å². The quantitative estimate of drug-likeness (QED) is 0.849. The summed E-state index contributed by atoms with van der Waals surface area (Å²) in [7, 11) is 0. The predicted octanol–water partition coefficient (Wildman–Crippen LogP) is 1.66. The second-order valence-electron chi connectivity index (χ2n) is 5.23. The lowest BCUT2D eigenvalue weighted by atomic mass is 10.0. The summed E-state index contributed by atoms with van der Waals surface area (Å²) in [6.45, 7) is 1.50. The van der Waals surface area contributed by atoms with Gasteiger partial charge in [-0.25, -0.2) is 4.39 Å². The molecule has 23 heavy (non-hydrogen) atoms. The summed E-state index contributed by atoms with van der Waals surface area (Å²) in [6, 6.07) is 12.6. The first-order chi connectivity index (χ1) is 10.9. The number of rotatable bonds is 6. The molecule has 5 nitrogen and oxygen atoms in total. The van der Waals surface area contributed by atoms with Gasteiger partial charge in [0.2, 0.25) is 11.8 Å². The number of nitrogens with two attached hydrogens (primary N) is 2. The fourth-order valence-electron chi connectivity index (χ4n) is 2.26. The second-order valence-corrected chi connectivity index (χ2v) is 5.23. The average Bonchev–Trinajstić information content (AvgIpc) is 2.52. The first-order valence-corrected chi connectivity index (χ1v) is 7.08. The molecule has 0 fully saturated rings. The molecule has 0 aliphatic rings. The molecule has 0 saturated carbocycles. The molecule has 6 heteroatoms. The Bertz CT molecular complexity index is 699. The number of hydrogen-bond donors (Lipinski definition) is 2. The van der Waals surface area contributed by atoms with E-state index in [1.165, 1.54) is 12.1 Å². The average molecular weight is 315 g/mol. The van der Waals surface area contributed by atoms with Crippen molar-refractivity contribution in [1.82, 2.24) is 0 Å². The monoisotopic (exact) mass is 315 g/mol. The summed E-state index contributed by atoms with van der Waals surface area (Å²) in [5.41, 5.74) is 13.0. The van der Waals surface area contributed by atoms with E-state index in [4.69, 9.17) is 11.5 Å². The van der Waals surface area contributed by atoms with Crippen molar-refractivity contribution in [1.29, 1.82) is 0 Å². The van der Waals surface area contributed by atoms with E-state index in [2.05, 4.69) is 0 Å². The van der Waals surface area contributed by atoms with E-state index in [-0.39, 0.29) is 12.4 Å². The largest absolute Gasteiger partial charge is 0.368 e. The lowest BCUT2D eigenvalue weighted by Crippen LogP contribution is -2.46. The molecule has 0 spiro atoms. The van der Waals surface area contributed by atoms with Gasteiger partial charge in [-0.2, -0.15) is 0 Å². The minimum absolute atomic E-state index is 0.111. The Kier molecular flexibility index (Phi) is 4.95. The maximum Gasteiger partial charge on any atom is 0.239 e. The third kappa shape index (κ3) is 4.06. The first kappa shape index (κ1) is 16.5. The van der Waals surface area contributed by atoms with Crippen LogP contribution in [0.5, 0.6) is 0 Å². The van der Waals surface area contributed by atoms with Crippen LogP contribution in [0.2, 0.25) is 0 Å². The van der Waals surface area contributed by atoms with Crippen LogP contribution in [-0.4, -0.2) is 24.4 Å². The van der Waals surface area contributed by atoms with Gasteiger partial charge in [0, 0.05) is 5.69 Å². The summed E-state index contributed by atoms with van der Waals surface area (Å²) in [4.78, 5) is 24.2. The van der Waals surface area contributed by atoms with Gasteiger partial charge < -0.3 is 16.4 Å². The molecular formula is C17H18FN3O2. The number of anilines is 1. The molecule has 2 amide bonds. The van der Waals surface area contributed by atoms with Crippen LogP contribution in [-0.2, 0) is 9.59 Å². The highest BCUT2D eigenvalue weighted by Crippen LogP contribution is 2.24. The third-order valence-electron chi connectivity index (χ3n) is 3.58. The number of amides is 2. The summed E-state index contributed by atoms with van der Waals surface area (Å²) in [6.07, 6.45) is 0. The number of hydrogen-bond acceptors (Lipinski definition) is 3. The predicted molar refractivity (Wildman–Crippen MR) is 87.0 cm³/mol. The molecule has 120 valence electrons. The molecule has 0 aliphatic heterocycles. The van der Waals surface area contributed by atoms with E-state index >= 15 is 0 Å². The van der Waals surface area contributed by atoms with Crippen molar-refractivity contribution < 1.29 is 14.0 Å². The molecule has 0 aliphatic carbocycles. The summed E-state index contributed by atoms with van der Waals surface area (Å²) in [5.74, 6) is -1.40. The summed E-state index contributed by atoms with van der Waals surface area (Å²) >= 11 is 0. The van der Waals surface area contributed by atoms with Crippen LogP contribution in [0.15, 0.2) is 48.5 Å². The van der Waals surface area contributed by atoms with Crippen LogP contribution >= 0.6 is 0 Å². The Morgan fingerprint density at radius 2 is 1.48 bits per heavy atom. The van der Waals surface area contributed by atoms with Crippen LogP contribution < -0.4 is 16.4 Å². The van der Waals surface area contributed by atoms with Crippen molar-refractivity contribution >= 4 is 17.5 Å². The first-order valence-electron chi connectivity index (χ1n) is 7.08. The number of carbonyl (C=O) groups is 2. The van der Waals surface area contributed by atoms with Crippen LogP contribution in [0.4, 0.5) is 10.1 Å². The van der Waals surface area contributed by atoms with Crippen molar-refractivity contribution in [2.75, 3.05) is 11.4 Å². The molecule has 4 N–H and O–H groups in total. The number of benzene rings is 2. The molecule has 0 saturated heterocycles. The molecule has 0 radical (unpaired) electrons. The highest BCUT2D eigenvalue weighted by Gasteiger charge is 2.21. The number of nitrogens with zero attached hydrogens (tertiary/aromatic N) is 1. The number of carbonyl (C=O) groups excluding carboxylic acids is 2. The van der Waals surface area contributed by atoms with Gasteiger partial charge in [0.1, 0.15) is 11.9 Å². The second kappa shape index (κ2) is 6.91. The van der Waals surface area contributed by atoms with E-state index in [9.17, 15) is 14.0 Å². The Labute approximate surface area is 133 Å². The van der Waals surface area contributed by atoms with Gasteiger partial charge in [0.05, 0.1) is 6.54 Å². The summed E-state index contributed by atoms with van der Waals surface area (Å²) in [5, 5.41) is 0. The van der Waals surface area contributed by atoms with Gasteiger partial charge >= 0.3 is 0 Å². The lowest BCUT2D eigenvalue weighted by molar-refractivity contribution is -0.119. The molecule has 2 rings (SSSR count). The topological polar surface area (TPSA) is 89.4 Å². The Balaban J connectivity index is 2.29. The Morgan fingerprint density at radius 1 is 1.00 bits per heavy atom. The highest BCUT2D eigenvalue weighted by molar-refractivity contribution is 5.87. The minimum Gasteiger partial charge on any atom is -0.368 e. The maximum absolute atomic E-state index is 13.0. The lowest BCUT2D eigenvalue weighted by Gasteiger charge is -2.28. The molecule has 1 atom stereocenters. The number of primary amides is 2. The highest BCUT2D eigenvalue weighted by atomic mass is 19.1. The molecule has 0 aromatic heterocycles. The van der Waals surface area contributed by atoms with Gasteiger partial charge in [-0.3, -0.25) is 9.59 Å². The number of halogens is 1. The van der Waals surface area contributed by atoms with Crippen LogP contribution in [0.1, 0.15) is 6.92 Å². The smallest absolute Gasteiger partial charge is 0.239 e. The fourth-order valence-corrected chi connectivity index (χ4v) is 2.26. The standard InChI is InChI=1S/C17H18FN3O2/c1-11(17(20)23)21(10-16(19)22)15-8-4-13(5-9-15)12-2-6-14(18)7-3-12/h2-9,11H,10H2,1H3,(H2,19,22)(H2,20,23)/t11-/m1/s1. The Morgan fingerprint density at radius 3 is 1.91 bits per heavy atom. The summed E-state index contributed by atoms with van der Waals surface area (Å²) < 4.78 is 13.0. The maximum atomic E-state index is 13.0. The fraction of sp³-hybridized carbons (Fsp3) is 0.176. The third-order valence-corrected chi connectivity index (χ3v) is 3.58. The SMILES string of the molecule is C[C@H](C(N)=O)N(CC(N)=O)c1ccc(-c2ccc(F)cc2)cc1. The van der Waals surface area contributed by atoms with Gasteiger partial charge in [0.25, 0.3) is 0 Å². The van der Waals surface area contributed by atoms with Crippen molar-refractivity contribution in [3.05, 3.63) is 54.3 Å². The zero-order valence-electron chi connectivity index (χ0n) is 12.7. The van der Waals surface area contributed by atoms with Gasteiger partial charge in [-0.05, 0) is 42.3 Å². The molecule has 2 aromatic carbocycles. The van der Waals surface area contributed by atoms with Crippen molar-refractivity contribution in [2.24, 2.45) is 11.5 Å². The van der Waals surface area contributed by atoms with Gasteiger partial charge in [0.15, 0.2) is 0 Å². The molecule has 0 heterocycles. The van der Waals surface area contributed by atoms with Gasteiger partial charge in [-0.1, -0.05) is 24.3 Å². The van der Waals surface area contributed by atoms with Crippen molar-refractivity contribution in [3.8, 4) is 11.1 Å².